The van der Waals surface area contributed by atoms with Crippen LogP contribution >= 0.6 is 22.9 Å². The molecule has 0 aliphatic carbocycles. The lowest BCUT2D eigenvalue weighted by molar-refractivity contribution is 0.0700. The molecule has 2 heterocycles. The molecule has 0 spiro atoms. The summed E-state index contributed by atoms with van der Waals surface area (Å²) >= 11 is 7.16. The maximum atomic E-state index is 11.4. The van der Waals surface area contributed by atoms with Crippen LogP contribution in [0.4, 0.5) is 0 Å². The van der Waals surface area contributed by atoms with Gasteiger partial charge in [0, 0.05) is 22.0 Å². The minimum absolute atomic E-state index is 0.384. The Labute approximate surface area is 137 Å². The van der Waals surface area contributed by atoms with Gasteiger partial charge in [0.2, 0.25) is 0 Å². The molecule has 22 heavy (non-hydrogen) atoms. The van der Waals surface area contributed by atoms with E-state index in [0.717, 1.165) is 40.4 Å². The van der Waals surface area contributed by atoms with Gasteiger partial charge < -0.3 is 5.11 Å². The summed E-state index contributed by atoms with van der Waals surface area (Å²) in [5.41, 5.74) is 3.65. The second-order valence-electron chi connectivity index (χ2n) is 5.10. The normalized spacial score (nSPS) is 11.2. The molecule has 4 nitrogen and oxygen atoms in total. The number of carboxylic acid groups (broad SMARTS) is 1. The molecular weight excluding hydrogens is 320 g/mol. The average Bonchev–Trinajstić information content (AvgIpc) is 2.99. The fourth-order valence-electron chi connectivity index (χ4n) is 2.62. The predicted octanol–water partition coefficient (Wildman–Crippen LogP) is 4.68. The van der Waals surface area contributed by atoms with Crippen molar-refractivity contribution >= 4 is 33.9 Å². The highest BCUT2D eigenvalue weighted by atomic mass is 35.5. The summed E-state index contributed by atoms with van der Waals surface area (Å²) in [5.74, 6) is -0.883. The Morgan fingerprint density at radius 1 is 1.36 bits per heavy atom. The van der Waals surface area contributed by atoms with E-state index in [4.69, 9.17) is 11.6 Å². The van der Waals surface area contributed by atoms with Crippen LogP contribution in [0.5, 0.6) is 0 Å². The minimum atomic E-state index is -0.883. The highest BCUT2D eigenvalue weighted by Crippen LogP contribution is 2.32. The van der Waals surface area contributed by atoms with Crippen LogP contribution in [0.25, 0.3) is 16.2 Å². The number of aromatic carboxylic acids is 1. The zero-order valence-electron chi connectivity index (χ0n) is 12.3. The molecule has 0 fully saturated rings. The number of rotatable bonds is 4. The van der Waals surface area contributed by atoms with Gasteiger partial charge in [-0.25, -0.2) is 9.78 Å². The van der Waals surface area contributed by atoms with E-state index in [2.05, 4.69) is 4.98 Å². The molecule has 6 heteroatoms. The number of imidazole rings is 1. The molecule has 114 valence electrons. The van der Waals surface area contributed by atoms with Gasteiger partial charge in [-0.3, -0.25) is 4.40 Å². The van der Waals surface area contributed by atoms with Crippen molar-refractivity contribution in [2.75, 3.05) is 0 Å². The molecule has 1 aromatic carbocycles. The molecule has 1 N–H and O–H groups in total. The third kappa shape index (κ3) is 2.40. The molecule has 3 rings (SSSR count). The van der Waals surface area contributed by atoms with Crippen molar-refractivity contribution in [1.82, 2.24) is 9.38 Å². The lowest BCUT2D eigenvalue weighted by atomic mass is 10.1. The quantitative estimate of drug-likeness (QED) is 0.754. The fraction of sp³-hybridized carbons (Fsp3) is 0.250. The van der Waals surface area contributed by atoms with Gasteiger partial charge in [0.25, 0.3) is 0 Å². The zero-order chi connectivity index (χ0) is 15.9. The van der Waals surface area contributed by atoms with Gasteiger partial charge >= 0.3 is 5.97 Å². The monoisotopic (exact) mass is 334 g/mol. The number of halogens is 1. The number of thiazole rings is 1. The van der Waals surface area contributed by atoms with Crippen molar-refractivity contribution in [2.45, 2.75) is 26.7 Å². The van der Waals surface area contributed by atoms with Crippen LogP contribution in [0.3, 0.4) is 0 Å². The zero-order valence-corrected chi connectivity index (χ0v) is 13.8. The maximum Gasteiger partial charge on any atom is 0.347 e. The largest absolute Gasteiger partial charge is 0.477 e. The van der Waals surface area contributed by atoms with Crippen molar-refractivity contribution in [2.24, 2.45) is 0 Å². The highest BCUT2D eigenvalue weighted by molar-refractivity contribution is 7.19. The maximum absolute atomic E-state index is 11.4. The van der Waals surface area contributed by atoms with Gasteiger partial charge in [-0.1, -0.05) is 48.4 Å². The van der Waals surface area contributed by atoms with Crippen LogP contribution in [0, 0.1) is 6.92 Å². The van der Waals surface area contributed by atoms with Gasteiger partial charge in [-0.2, -0.15) is 0 Å². The lowest BCUT2D eigenvalue weighted by Gasteiger charge is -2.03. The number of carboxylic acids is 1. The Hall–Kier alpha value is -1.85. The molecule has 0 aliphatic heterocycles. The number of fused-ring (bicyclic) bond motifs is 1. The lowest BCUT2D eigenvalue weighted by Crippen LogP contribution is -2.02. The van der Waals surface area contributed by atoms with Crippen LogP contribution in [-0.2, 0) is 6.42 Å². The van der Waals surface area contributed by atoms with E-state index < -0.39 is 5.97 Å². The Morgan fingerprint density at radius 2 is 2.05 bits per heavy atom. The average molecular weight is 335 g/mol. The molecule has 0 amide bonds. The summed E-state index contributed by atoms with van der Waals surface area (Å²) in [5, 5.41) is 10.1. The summed E-state index contributed by atoms with van der Waals surface area (Å²) < 4.78 is 1.97. The smallest absolute Gasteiger partial charge is 0.347 e. The van der Waals surface area contributed by atoms with Crippen molar-refractivity contribution in [3.63, 3.8) is 0 Å². The van der Waals surface area contributed by atoms with Gasteiger partial charge in [-0.05, 0) is 25.5 Å². The first-order valence-corrected chi connectivity index (χ1v) is 8.22. The second-order valence-corrected chi connectivity index (χ2v) is 6.52. The first-order valence-electron chi connectivity index (χ1n) is 7.03. The van der Waals surface area contributed by atoms with Crippen LogP contribution in [0.2, 0.25) is 5.02 Å². The first kappa shape index (κ1) is 15.1. The number of aryl methyl sites for hydroxylation is 2. The number of hydrogen-bond acceptors (Lipinski definition) is 3. The summed E-state index contributed by atoms with van der Waals surface area (Å²) in [6, 6.07) is 7.53. The van der Waals surface area contributed by atoms with Gasteiger partial charge in [0.15, 0.2) is 4.96 Å². The Morgan fingerprint density at radius 3 is 2.64 bits per heavy atom. The van der Waals surface area contributed by atoms with Crippen LogP contribution in [0.1, 0.15) is 34.4 Å². The SMILES string of the molecule is CCCc1c(C(=O)O)sc2nc(-c3ccc(Cl)cc3)c(C)n12. The van der Waals surface area contributed by atoms with E-state index in [1.54, 1.807) is 0 Å². The molecule has 0 bridgehead atoms. The predicted molar refractivity (Wildman–Crippen MR) is 89.2 cm³/mol. The highest BCUT2D eigenvalue weighted by Gasteiger charge is 2.22. The molecule has 0 unspecified atom stereocenters. The Balaban J connectivity index is 2.21. The number of nitrogens with zero attached hydrogens (tertiary/aromatic N) is 2. The molecular formula is C16H15ClN2O2S. The molecule has 0 aliphatic rings. The molecule has 0 radical (unpaired) electrons. The van der Waals surface area contributed by atoms with Crippen molar-refractivity contribution < 1.29 is 9.90 Å². The molecule has 3 aromatic rings. The molecule has 0 saturated heterocycles. The number of benzene rings is 1. The second kappa shape index (κ2) is 5.74. The van der Waals surface area contributed by atoms with Crippen molar-refractivity contribution in [1.29, 1.82) is 0 Å². The third-order valence-electron chi connectivity index (χ3n) is 3.60. The third-order valence-corrected chi connectivity index (χ3v) is 4.92. The van der Waals surface area contributed by atoms with Crippen LogP contribution in [0.15, 0.2) is 24.3 Å². The molecule has 0 saturated carbocycles. The Kier molecular flexibility index (Phi) is 3.93. The minimum Gasteiger partial charge on any atom is -0.477 e. The van der Waals surface area contributed by atoms with Gasteiger partial charge in [0.05, 0.1) is 5.69 Å². The Bertz CT molecular complexity index is 849. The van der Waals surface area contributed by atoms with E-state index in [-0.39, 0.29) is 0 Å². The van der Waals surface area contributed by atoms with Gasteiger partial charge in [0.1, 0.15) is 4.88 Å². The van der Waals surface area contributed by atoms with Crippen LogP contribution < -0.4 is 0 Å². The number of aromatic nitrogens is 2. The number of carbonyl (C=O) groups is 1. The van der Waals surface area contributed by atoms with E-state index in [9.17, 15) is 9.90 Å². The molecule has 0 atom stereocenters. The van der Waals surface area contributed by atoms with E-state index in [1.807, 2.05) is 42.5 Å². The van der Waals surface area contributed by atoms with Crippen molar-refractivity contribution in [3.05, 3.63) is 45.6 Å². The summed E-state index contributed by atoms with van der Waals surface area (Å²) in [6.07, 6.45) is 1.61. The van der Waals surface area contributed by atoms with Crippen molar-refractivity contribution in [3.8, 4) is 11.3 Å². The van der Waals surface area contributed by atoms with Crippen LogP contribution in [-0.4, -0.2) is 20.5 Å². The van der Waals surface area contributed by atoms with E-state index in [1.165, 1.54) is 11.3 Å². The van der Waals surface area contributed by atoms with E-state index in [0.29, 0.717) is 9.90 Å². The summed E-state index contributed by atoms with van der Waals surface area (Å²) in [4.78, 5) is 17.2. The topological polar surface area (TPSA) is 54.6 Å². The number of hydrogen-bond donors (Lipinski definition) is 1. The standard InChI is InChI=1S/C16H15ClN2O2S/c1-3-4-12-14(15(20)21)22-16-18-13(9(2)19(12)16)10-5-7-11(17)8-6-10/h5-8H,3-4H2,1-2H3,(H,20,21). The molecule has 2 aromatic heterocycles. The summed E-state index contributed by atoms with van der Waals surface area (Å²) in [6.45, 7) is 4.02. The fourth-order valence-corrected chi connectivity index (χ4v) is 3.81. The van der Waals surface area contributed by atoms with Gasteiger partial charge in [-0.15, -0.1) is 0 Å². The van der Waals surface area contributed by atoms with E-state index >= 15 is 0 Å². The first-order chi connectivity index (χ1) is 10.5. The summed E-state index contributed by atoms with van der Waals surface area (Å²) in [7, 11) is 0.